The van der Waals surface area contributed by atoms with Gasteiger partial charge in [0.15, 0.2) is 15.9 Å². The average molecular weight is 180 g/mol. The molecule has 1 aliphatic rings. The standard InChI is InChI=1S/C5H8O5S/c6-5(7)4-3-11(8,9)2-1-10-4/h4H,1-3H2,(H,6,7). The van der Waals surface area contributed by atoms with Gasteiger partial charge in [-0.25, -0.2) is 13.2 Å². The summed E-state index contributed by atoms with van der Waals surface area (Å²) in [7, 11) is -3.18. The van der Waals surface area contributed by atoms with E-state index in [4.69, 9.17) is 9.84 Å². The molecule has 0 aromatic heterocycles. The summed E-state index contributed by atoms with van der Waals surface area (Å²) in [5, 5.41) is 8.38. The van der Waals surface area contributed by atoms with E-state index in [0.29, 0.717) is 0 Å². The number of aliphatic carboxylic acids is 1. The second kappa shape index (κ2) is 2.78. The van der Waals surface area contributed by atoms with E-state index in [2.05, 4.69) is 0 Å². The van der Waals surface area contributed by atoms with E-state index in [-0.39, 0.29) is 12.4 Å². The molecule has 0 amide bonds. The first kappa shape index (κ1) is 8.48. The zero-order chi connectivity index (χ0) is 8.48. The maximum absolute atomic E-state index is 10.8. The van der Waals surface area contributed by atoms with Crippen LogP contribution in [-0.4, -0.2) is 43.7 Å². The molecule has 1 unspecified atom stereocenters. The summed E-state index contributed by atoms with van der Waals surface area (Å²) in [5.74, 6) is -1.69. The van der Waals surface area contributed by atoms with Crippen LogP contribution >= 0.6 is 0 Å². The van der Waals surface area contributed by atoms with Crippen molar-refractivity contribution in [3.8, 4) is 0 Å². The van der Waals surface area contributed by atoms with Crippen LogP contribution in [-0.2, 0) is 19.4 Å². The van der Waals surface area contributed by atoms with Crippen LogP contribution in [0.25, 0.3) is 0 Å². The van der Waals surface area contributed by atoms with Crippen molar-refractivity contribution in [2.75, 3.05) is 18.1 Å². The van der Waals surface area contributed by atoms with Gasteiger partial charge >= 0.3 is 5.97 Å². The molecule has 6 heteroatoms. The highest BCUT2D eigenvalue weighted by molar-refractivity contribution is 7.91. The van der Waals surface area contributed by atoms with Gasteiger partial charge in [-0.1, -0.05) is 0 Å². The lowest BCUT2D eigenvalue weighted by Gasteiger charge is -2.18. The first-order chi connectivity index (χ1) is 5.01. The van der Waals surface area contributed by atoms with Crippen LogP contribution in [0.2, 0.25) is 0 Å². The second-order valence-electron chi connectivity index (χ2n) is 2.31. The molecule has 1 N–H and O–H groups in total. The first-order valence-electron chi connectivity index (χ1n) is 3.06. The zero-order valence-electron chi connectivity index (χ0n) is 5.69. The van der Waals surface area contributed by atoms with Crippen LogP contribution in [0.15, 0.2) is 0 Å². The van der Waals surface area contributed by atoms with Gasteiger partial charge in [-0.15, -0.1) is 0 Å². The quantitative estimate of drug-likeness (QED) is 0.553. The van der Waals surface area contributed by atoms with Gasteiger partial charge in [-0.2, -0.15) is 0 Å². The second-order valence-corrected chi connectivity index (χ2v) is 4.54. The summed E-state index contributed by atoms with van der Waals surface area (Å²) in [5.41, 5.74) is 0. The van der Waals surface area contributed by atoms with Gasteiger partial charge < -0.3 is 9.84 Å². The summed E-state index contributed by atoms with van der Waals surface area (Å²) in [4.78, 5) is 10.3. The molecule has 1 atom stereocenters. The van der Waals surface area contributed by atoms with Crippen molar-refractivity contribution in [1.29, 1.82) is 0 Å². The average Bonchev–Trinajstić information content (AvgIpc) is 1.85. The van der Waals surface area contributed by atoms with Gasteiger partial charge in [0.1, 0.15) is 0 Å². The zero-order valence-corrected chi connectivity index (χ0v) is 6.50. The van der Waals surface area contributed by atoms with E-state index in [1.807, 2.05) is 0 Å². The van der Waals surface area contributed by atoms with Crippen molar-refractivity contribution < 1.29 is 23.1 Å². The van der Waals surface area contributed by atoms with Crippen LogP contribution in [0.5, 0.6) is 0 Å². The third-order valence-corrected chi connectivity index (χ3v) is 2.99. The highest BCUT2D eigenvalue weighted by Crippen LogP contribution is 2.06. The number of hydrogen-bond acceptors (Lipinski definition) is 4. The van der Waals surface area contributed by atoms with Crippen molar-refractivity contribution >= 4 is 15.8 Å². The fraction of sp³-hybridized carbons (Fsp3) is 0.800. The van der Waals surface area contributed by atoms with E-state index in [1.165, 1.54) is 0 Å². The van der Waals surface area contributed by atoms with Crippen LogP contribution < -0.4 is 0 Å². The van der Waals surface area contributed by atoms with E-state index >= 15 is 0 Å². The summed E-state index contributed by atoms with van der Waals surface area (Å²) in [6, 6.07) is 0. The maximum Gasteiger partial charge on any atom is 0.333 e. The van der Waals surface area contributed by atoms with E-state index in [9.17, 15) is 13.2 Å². The van der Waals surface area contributed by atoms with Crippen molar-refractivity contribution in [2.24, 2.45) is 0 Å². The van der Waals surface area contributed by atoms with Crippen LogP contribution in [0.3, 0.4) is 0 Å². The Bertz CT molecular complexity index is 254. The maximum atomic E-state index is 10.8. The van der Waals surface area contributed by atoms with Crippen LogP contribution in [0, 0.1) is 0 Å². The number of rotatable bonds is 1. The largest absolute Gasteiger partial charge is 0.479 e. The number of carbonyl (C=O) groups is 1. The lowest BCUT2D eigenvalue weighted by atomic mass is 10.4. The normalized spacial score (nSPS) is 29.6. The van der Waals surface area contributed by atoms with Gasteiger partial charge in [0.25, 0.3) is 0 Å². The van der Waals surface area contributed by atoms with Crippen molar-refractivity contribution in [3.05, 3.63) is 0 Å². The molecule has 0 aromatic rings. The number of carboxylic acid groups (broad SMARTS) is 1. The predicted octanol–water partition coefficient (Wildman–Crippen LogP) is -1.12. The molecule has 0 spiro atoms. The lowest BCUT2D eigenvalue weighted by molar-refractivity contribution is -0.148. The molecule has 1 heterocycles. The molecule has 5 nitrogen and oxygen atoms in total. The molecular weight excluding hydrogens is 172 g/mol. The third kappa shape index (κ3) is 2.16. The van der Waals surface area contributed by atoms with Gasteiger partial charge in [0.2, 0.25) is 0 Å². The Balaban J connectivity index is 2.68. The van der Waals surface area contributed by atoms with Crippen molar-refractivity contribution in [2.45, 2.75) is 6.10 Å². The molecule has 0 bridgehead atoms. The topological polar surface area (TPSA) is 80.7 Å². The molecule has 1 rings (SSSR count). The molecular formula is C5H8O5S. The van der Waals surface area contributed by atoms with E-state index in [1.54, 1.807) is 0 Å². The summed E-state index contributed by atoms with van der Waals surface area (Å²) >= 11 is 0. The molecule has 0 aliphatic carbocycles. The number of carboxylic acids is 1. The molecule has 0 saturated carbocycles. The Morgan fingerprint density at radius 3 is 2.55 bits per heavy atom. The fourth-order valence-corrected chi connectivity index (χ4v) is 2.04. The third-order valence-electron chi connectivity index (χ3n) is 1.39. The minimum absolute atomic E-state index is 0.0146. The monoisotopic (exact) mass is 180 g/mol. The van der Waals surface area contributed by atoms with Crippen molar-refractivity contribution in [1.82, 2.24) is 0 Å². The fourth-order valence-electron chi connectivity index (χ4n) is 0.822. The van der Waals surface area contributed by atoms with E-state index < -0.39 is 27.7 Å². The molecule has 1 fully saturated rings. The van der Waals surface area contributed by atoms with Gasteiger partial charge in [0, 0.05) is 0 Å². The van der Waals surface area contributed by atoms with Crippen LogP contribution in [0.4, 0.5) is 0 Å². The van der Waals surface area contributed by atoms with Crippen molar-refractivity contribution in [3.63, 3.8) is 0 Å². The number of ether oxygens (including phenoxy) is 1. The predicted molar refractivity (Wildman–Crippen MR) is 36.0 cm³/mol. The minimum Gasteiger partial charge on any atom is -0.479 e. The molecule has 1 aliphatic heterocycles. The summed E-state index contributed by atoms with van der Waals surface area (Å²) in [6.45, 7) is -0.0146. The van der Waals surface area contributed by atoms with Gasteiger partial charge in [0.05, 0.1) is 18.1 Å². The minimum atomic E-state index is -3.18. The molecule has 0 radical (unpaired) electrons. The van der Waals surface area contributed by atoms with E-state index in [0.717, 1.165) is 0 Å². The Labute approximate surface area is 63.9 Å². The molecule has 11 heavy (non-hydrogen) atoms. The molecule has 1 saturated heterocycles. The lowest BCUT2D eigenvalue weighted by Crippen LogP contribution is -2.39. The Kier molecular flexibility index (Phi) is 2.15. The number of sulfone groups is 1. The Hall–Kier alpha value is -0.620. The highest BCUT2D eigenvalue weighted by Gasteiger charge is 2.30. The Morgan fingerprint density at radius 2 is 2.18 bits per heavy atom. The highest BCUT2D eigenvalue weighted by atomic mass is 32.2. The van der Waals surface area contributed by atoms with Gasteiger partial charge in [-0.05, 0) is 0 Å². The number of hydrogen-bond donors (Lipinski definition) is 1. The smallest absolute Gasteiger partial charge is 0.333 e. The van der Waals surface area contributed by atoms with Crippen LogP contribution in [0.1, 0.15) is 0 Å². The summed E-state index contributed by atoms with van der Waals surface area (Å²) < 4.78 is 26.3. The SMILES string of the molecule is O=C(O)C1CS(=O)(=O)CCO1. The molecule has 64 valence electrons. The summed E-state index contributed by atoms with van der Waals surface area (Å²) in [6.07, 6.45) is -1.17. The van der Waals surface area contributed by atoms with Gasteiger partial charge in [-0.3, -0.25) is 0 Å². The Morgan fingerprint density at radius 1 is 1.55 bits per heavy atom. The molecule has 0 aromatic carbocycles. The first-order valence-corrected chi connectivity index (χ1v) is 4.88.